The van der Waals surface area contributed by atoms with E-state index in [1.165, 1.54) is 11.3 Å². The van der Waals surface area contributed by atoms with Crippen molar-refractivity contribution in [3.05, 3.63) is 58.7 Å². The molecule has 4 rings (SSSR count). The Bertz CT molecular complexity index is 1160. The molecule has 2 heterocycles. The average Bonchev–Trinajstić information content (AvgIpc) is 3.39. The lowest BCUT2D eigenvalue weighted by atomic mass is 10.1. The number of amides is 1. The Morgan fingerprint density at radius 3 is 2.63 bits per heavy atom. The summed E-state index contributed by atoms with van der Waals surface area (Å²) in [6.45, 7) is 9.52. The minimum absolute atomic E-state index is 0.0487. The Morgan fingerprint density at radius 1 is 1.13 bits per heavy atom. The minimum Gasteiger partial charge on any atom is -0.360 e. The quantitative estimate of drug-likeness (QED) is 0.399. The lowest BCUT2D eigenvalue weighted by Crippen LogP contribution is -2.38. The number of hydrogen-bond donors (Lipinski definition) is 1. The molecule has 7 heteroatoms. The highest BCUT2D eigenvalue weighted by Gasteiger charge is 2.25. The SMILES string of the molecule is CCN(CC)CCN(C(=O)c1c[nH]c2ccccc12)c1nc2c(C)ccc(Cl)c2s1. The lowest BCUT2D eigenvalue weighted by molar-refractivity contribution is 0.0985. The highest BCUT2D eigenvalue weighted by Crippen LogP contribution is 2.36. The van der Waals surface area contributed by atoms with Crippen molar-refractivity contribution in [1.29, 1.82) is 0 Å². The molecule has 30 heavy (non-hydrogen) atoms. The smallest absolute Gasteiger partial charge is 0.262 e. The molecule has 2 aromatic heterocycles. The van der Waals surface area contributed by atoms with Crippen molar-refractivity contribution >= 4 is 55.1 Å². The van der Waals surface area contributed by atoms with Gasteiger partial charge in [-0.15, -0.1) is 0 Å². The number of para-hydroxylation sites is 1. The molecular weight excluding hydrogens is 416 g/mol. The zero-order chi connectivity index (χ0) is 21.3. The summed E-state index contributed by atoms with van der Waals surface area (Å²) in [4.78, 5) is 25.8. The maximum Gasteiger partial charge on any atom is 0.262 e. The number of aromatic amines is 1. The normalized spacial score (nSPS) is 11.6. The van der Waals surface area contributed by atoms with Gasteiger partial charge >= 0.3 is 0 Å². The molecular formula is C23H25ClN4OS. The first-order valence-corrected chi connectivity index (χ1v) is 11.4. The van der Waals surface area contributed by atoms with Crippen LogP contribution in [0.5, 0.6) is 0 Å². The van der Waals surface area contributed by atoms with Gasteiger partial charge in [-0.25, -0.2) is 4.98 Å². The van der Waals surface area contributed by atoms with Crippen molar-refractivity contribution in [2.45, 2.75) is 20.8 Å². The summed E-state index contributed by atoms with van der Waals surface area (Å²) in [7, 11) is 0. The van der Waals surface area contributed by atoms with E-state index in [1.54, 1.807) is 11.1 Å². The molecule has 0 spiro atoms. The van der Waals surface area contributed by atoms with E-state index in [4.69, 9.17) is 16.6 Å². The van der Waals surface area contributed by atoms with Gasteiger partial charge in [-0.3, -0.25) is 9.69 Å². The van der Waals surface area contributed by atoms with Gasteiger partial charge in [0.05, 0.1) is 20.8 Å². The Balaban J connectivity index is 1.77. The number of fused-ring (bicyclic) bond motifs is 2. The topological polar surface area (TPSA) is 52.2 Å². The second kappa shape index (κ2) is 8.76. The third-order valence-electron chi connectivity index (χ3n) is 5.52. The molecule has 1 N–H and O–H groups in total. The van der Waals surface area contributed by atoms with Crippen LogP contribution in [-0.2, 0) is 0 Å². The number of thiazole rings is 1. The third-order valence-corrected chi connectivity index (χ3v) is 7.05. The van der Waals surface area contributed by atoms with E-state index in [0.717, 1.165) is 46.3 Å². The van der Waals surface area contributed by atoms with Crippen LogP contribution in [-0.4, -0.2) is 47.0 Å². The van der Waals surface area contributed by atoms with Crippen LogP contribution in [0, 0.1) is 6.92 Å². The molecule has 0 bridgehead atoms. The Labute approximate surface area is 185 Å². The maximum absolute atomic E-state index is 13.7. The molecule has 156 valence electrons. The molecule has 0 saturated carbocycles. The van der Waals surface area contributed by atoms with Crippen LogP contribution in [0.4, 0.5) is 5.13 Å². The number of nitrogens with zero attached hydrogens (tertiary/aromatic N) is 3. The highest BCUT2D eigenvalue weighted by atomic mass is 35.5. The van der Waals surface area contributed by atoms with Gasteiger partial charge in [0.25, 0.3) is 5.91 Å². The van der Waals surface area contributed by atoms with Gasteiger partial charge in [-0.1, -0.05) is 61.1 Å². The van der Waals surface area contributed by atoms with Crippen LogP contribution in [0.25, 0.3) is 21.1 Å². The minimum atomic E-state index is -0.0487. The summed E-state index contributed by atoms with van der Waals surface area (Å²) < 4.78 is 0.922. The zero-order valence-electron chi connectivity index (χ0n) is 17.4. The second-order valence-corrected chi connectivity index (χ2v) is 8.65. The van der Waals surface area contributed by atoms with E-state index in [2.05, 4.69) is 23.7 Å². The number of anilines is 1. The molecule has 0 radical (unpaired) electrons. The predicted molar refractivity (Wildman–Crippen MR) is 127 cm³/mol. The number of carbonyl (C=O) groups is 1. The Morgan fingerprint density at radius 2 is 1.90 bits per heavy atom. The number of halogens is 1. The van der Waals surface area contributed by atoms with Crippen LogP contribution < -0.4 is 4.90 Å². The number of aryl methyl sites for hydroxylation is 1. The fraction of sp³-hybridized carbons (Fsp3) is 0.304. The molecule has 0 atom stereocenters. The summed E-state index contributed by atoms with van der Waals surface area (Å²) >= 11 is 7.91. The molecule has 0 aliphatic rings. The highest BCUT2D eigenvalue weighted by molar-refractivity contribution is 7.23. The van der Waals surface area contributed by atoms with Crippen molar-refractivity contribution in [1.82, 2.24) is 14.9 Å². The van der Waals surface area contributed by atoms with Crippen LogP contribution in [0.3, 0.4) is 0 Å². The average molecular weight is 441 g/mol. The second-order valence-electron chi connectivity index (χ2n) is 7.27. The molecule has 0 unspecified atom stereocenters. The van der Waals surface area contributed by atoms with E-state index < -0.39 is 0 Å². The summed E-state index contributed by atoms with van der Waals surface area (Å²) in [6, 6.07) is 11.7. The first kappa shape index (κ1) is 20.8. The van der Waals surface area contributed by atoms with E-state index in [0.29, 0.717) is 22.3 Å². The van der Waals surface area contributed by atoms with Gasteiger partial charge in [-0.2, -0.15) is 0 Å². The fourth-order valence-corrected chi connectivity index (χ4v) is 5.01. The van der Waals surface area contributed by atoms with Crippen molar-refractivity contribution in [2.24, 2.45) is 0 Å². The standard InChI is InChI=1S/C23H25ClN4OS/c1-4-27(5-2)12-13-28(22(29)17-14-25-19-9-7-6-8-16(17)19)23-26-20-15(3)10-11-18(24)21(20)30-23/h6-11,14,25H,4-5,12-13H2,1-3H3. The van der Waals surface area contributed by atoms with Gasteiger partial charge in [-0.05, 0) is 37.7 Å². The van der Waals surface area contributed by atoms with Crippen LogP contribution >= 0.6 is 22.9 Å². The number of benzene rings is 2. The summed E-state index contributed by atoms with van der Waals surface area (Å²) in [5.74, 6) is -0.0487. The number of hydrogen-bond acceptors (Lipinski definition) is 4. The molecule has 0 aliphatic carbocycles. The molecule has 4 aromatic rings. The molecule has 0 fully saturated rings. The van der Waals surface area contributed by atoms with Crippen molar-refractivity contribution < 1.29 is 4.79 Å². The van der Waals surface area contributed by atoms with Crippen LogP contribution in [0.1, 0.15) is 29.8 Å². The fourth-order valence-electron chi connectivity index (χ4n) is 3.67. The third kappa shape index (κ3) is 3.83. The maximum atomic E-state index is 13.7. The van der Waals surface area contributed by atoms with Crippen LogP contribution in [0.15, 0.2) is 42.6 Å². The molecule has 5 nitrogen and oxygen atoms in total. The number of rotatable bonds is 7. The number of likely N-dealkylation sites (N-methyl/N-ethyl adjacent to an activating group) is 1. The van der Waals surface area contributed by atoms with Gasteiger partial charge in [0.1, 0.15) is 0 Å². The number of H-pyrrole nitrogens is 1. The molecule has 0 aliphatic heterocycles. The monoisotopic (exact) mass is 440 g/mol. The predicted octanol–water partition coefficient (Wildman–Crippen LogP) is 5.73. The van der Waals surface area contributed by atoms with Gasteiger partial charge in [0, 0.05) is 30.2 Å². The molecule has 0 saturated heterocycles. The van der Waals surface area contributed by atoms with Gasteiger partial charge in [0.15, 0.2) is 5.13 Å². The van der Waals surface area contributed by atoms with E-state index in [1.807, 2.05) is 43.3 Å². The van der Waals surface area contributed by atoms with Gasteiger partial charge < -0.3 is 9.88 Å². The number of carbonyl (C=O) groups excluding carboxylic acids is 1. The lowest BCUT2D eigenvalue weighted by Gasteiger charge is -2.24. The zero-order valence-corrected chi connectivity index (χ0v) is 19.0. The van der Waals surface area contributed by atoms with E-state index in [9.17, 15) is 4.79 Å². The van der Waals surface area contributed by atoms with Crippen LogP contribution in [0.2, 0.25) is 5.02 Å². The van der Waals surface area contributed by atoms with Crippen molar-refractivity contribution in [3.8, 4) is 0 Å². The first-order chi connectivity index (χ1) is 14.5. The van der Waals surface area contributed by atoms with E-state index >= 15 is 0 Å². The summed E-state index contributed by atoms with van der Waals surface area (Å²) in [6.07, 6.45) is 1.79. The Hall–Kier alpha value is -2.41. The summed E-state index contributed by atoms with van der Waals surface area (Å²) in [5.41, 5.74) is 3.53. The van der Waals surface area contributed by atoms with E-state index in [-0.39, 0.29) is 5.91 Å². The number of aromatic nitrogens is 2. The summed E-state index contributed by atoms with van der Waals surface area (Å²) in [5, 5.41) is 2.27. The van der Waals surface area contributed by atoms with Crippen molar-refractivity contribution in [2.75, 3.05) is 31.1 Å². The first-order valence-electron chi connectivity index (χ1n) is 10.2. The Kier molecular flexibility index (Phi) is 6.09. The molecule has 2 aromatic carbocycles. The van der Waals surface area contributed by atoms with Gasteiger partial charge in [0.2, 0.25) is 0 Å². The van der Waals surface area contributed by atoms with Crippen molar-refractivity contribution in [3.63, 3.8) is 0 Å². The molecule has 1 amide bonds. The largest absolute Gasteiger partial charge is 0.360 e. The number of nitrogens with one attached hydrogen (secondary N) is 1.